The Morgan fingerprint density at radius 3 is 2.46 bits per heavy atom. The van der Waals surface area contributed by atoms with Crippen LogP contribution in [0.4, 0.5) is 5.69 Å². The third-order valence-electron chi connectivity index (χ3n) is 2.06. The fraction of sp³-hybridized carbons (Fsp3) is 0.222. The molecule has 0 amide bonds. The zero-order chi connectivity index (χ0) is 10.2. The SMILES string of the molecule is Cc1cc(N)c(O)c(C(=O)O)c1C. The Balaban J connectivity index is 3.56. The van der Waals surface area contributed by atoms with Gasteiger partial charge in [0.15, 0.2) is 5.75 Å². The van der Waals surface area contributed by atoms with Crippen molar-refractivity contribution in [3.05, 3.63) is 22.8 Å². The van der Waals surface area contributed by atoms with E-state index in [0.717, 1.165) is 5.56 Å². The Morgan fingerprint density at radius 1 is 1.46 bits per heavy atom. The van der Waals surface area contributed by atoms with Gasteiger partial charge < -0.3 is 15.9 Å². The number of phenols is 1. The molecule has 0 atom stereocenters. The Morgan fingerprint density at radius 2 is 2.00 bits per heavy atom. The maximum atomic E-state index is 10.7. The van der Waals surface area contributed by atoms with Crippen LogP contribution in [0.5, 0.6) is 5.75 Å². The van der Waals surface area contributed by atoms with E-state index in [9.17, 15) is 9.90 Å². The summed E-state index contributed by atoms with van der Waals surface area (Å²) in [4.78, 5) is 10.7. The van der Waals surface area contributed by atoms with E-state index in [0.29, 0.717) is 5.56 Å². The molecule has 0 saturated carbocycles. The number of aromatic carboxylic acids is 1. The lowest BCUT2D eigenvalue weighted by Gasteiger charge is -2.09. The highest BCUT2D eigenvalue weighted by molar-refractivity contribution is 5.95. The number of carbonyl (C=O) groups is 1. The second kappa shape index (κ2) is 2.97. The van der Waals surface area contributed by atoms with Gasteiger partial charge in [-0.2, -0.15) is 0 Å². The van der Waals surface area contributed by atoms with Crippen LogP contribution in [0.25, 0.3) is 0 Å². The molecule has 1 aromatic carbocycles. The van der Waals surface area contributed by atoms with E-state index in [4.69, 9.17) is 10.8 Å². The minimum atomic E-state index is -1.16. The average molecular weight is 181 g/mol. The van der Waals surface area contributed by atoms with Gasteiger partial charge in [-0.1, -0.05) is 0 Å². The molecule has 0 bridgehead atoms. The standard InChI is InChI=1S/C9H11NO3/c1-4-3-6(10)8(11)7(5(4)2)9(12)13/h3,11H,10H2,1-2H3,(H,12,13). The van der Waals surface area contributed by atoms with E-state index in [-0.39, 0.29) is 17.0 Å². The molecule has 0 aliphatic rings. The molecule has 0 aromatic heterocycles. The molecular weight excluding hydrogens is 170 g/mol. The van der Waals surface area contributed by atoms with Crippen molar-refractivity contribution in [2.75, 3.05) is 5.73 Å². The molecule has 70 valence electrons. The molecule has 0 aliphatic heterocycles. The smallest absolute Gasteiger partial charge is 0.339 e. The monoisotopic (exact) mass is 181 g/mol. The van der Waals surface area contributed by atoms with Crippen molar-refractivity contribution in [3.63, 3.8) is 0 Å². The Bertz CT molecular complexity index is 345. The first-order chi connectivity index (χ1) is 5.95. The minimum Gasteiger partial charge on any atom is -0.505 e. The fourth-order valence-electron chi connectivity index (χ4n) is 1.19. The molecule has 4 heteroatoms. The first-order valence-corrected chi connectivity index (χ1v) is 3.77. The molecule has 0 radical (unpaired) electrons. The molecule has 1 aromatic rings. The minimum absolute atomic E-state index is 0.0977. The highest BCUT2D eigenvalue weighted by Gasteiger charge is 2.16. The zero-order valence-electron chi connectivity index (χ0n) is 7.46. The first-order valence-electron chi connectivity index (χ1n) is 3.77. The fourth-order valence-corrected chi connectivity index (χ4v) is 1.19. The van der Waals surface area contributed by atoms with Crippen molar-refractivity contribution in [3.8, 4) is 5.75 Å². The lowest BCUT2D eigenvalue weighted by Crippen LogP contribution is -2.04. The van der Waals surface area contributed by atoms with Crippen LogP contribution in [0.1, 0.15) is 21.5 Å². The highest BCUT2D eigenvalue weighted by atomic mass is 16.4. The second-order valence-corrected chi connectivity index (χ2v) is 2.94. The maximum absolute atomic E-state index is 10.7. The van der Waals surface area contributed by atoms with Crippen LogP contribution in [0.2, 0.25) is 0 Å². The van der Waals surface area contributed by atoms with Gasteiger partial charge in [0.05, 0.1) is 5.69 Å². The largest absolute Gasteiger partial charge is 0.505 e. The number of hydrogen-bond acceptors (Lipinski definition) is 3. The molecular formula is C9H11NO3. The molecule has 0 spiro atoms. The van der Waals surface area contributed by atoms with Crippen molar-refractivity contribution in [2.24, 2.45) is 0 Å². The van der Waals surface area contributed by atoms with Crippen LogP contribution in [-0.2, 0) is 0 Å². The van der Waals surface area contributed by atoms with Gasteiger partial charge in [-0.05, 0) is 31.0 Å². The predicted octanol–water partition coefficient (Wildman–Crippen LogP) is 1.29. The lowest BCUT2D eigenvalue weighted by atomic mass is 10.0. The van der Waals surface area contributed by atoms with Gasteiger partial charge in [0.25, 0.3) is 0 Å². The quantitative estimate of drug-likeness (QED) is 0.450. The summed E-state index contributed by atoms with van der Waals surface area (Å²) in [6.07, 6.45) is 0. The normalized spacial score (nSPS) is 10.0. The van der Waals surface area contributed by atoms with Gasteiger partial charge >= 0.3 is 5.97 Å². The number of nitrogens with two attached hydrogens (primary N) is 1. The Kier molecular flexibility index (Phi) is 2.14. The summed E-state index contributed by atoms with van der Waals surface area (Å²) >= 11 is 0. The van der Waals surface area contributed by atoms with Gasteiger partial charge in [0.2, 0.25) is 0 Å². The molecule has 4 nitrogen and oxygen atoms in total. The first kappa shape index (κ1) is 9.38. The van der Waals surface area contributed by atoms with Crippen molar-refractivity contribution in [1.29, 1.82) is 0 Å². The van der Waals surface area contributed by atoms with E-state index in [1.54, 1.807) is 19.9 Å². The van der Waals surface area contributed by atoms with Crippen LogP contribution in [0.15, 0.2) is 6.07 Å². The number of nitrogen functional groups attached to an aromatic ring is 1. The number of carboxylic acid groups (broad SMARTS) is 1. The summed E-state index contributed by atoms with van der Waals surface area (Å²) in [7, 11) is 0. The number of rotatable bonds is 1. The third-order valence-corrected chi connectivity index (χ3v) is 2.06. The van der Waals surface area contributed by atoms with Crippen LogP contribution in [0, 0.1) is 13.8 Å². The number of aromatic hydroxyl groups is 1. The maximum Gasteiger partial charge on any atom is 0.339 e. The molecule has 1 rings (SSSR count). The number of anilines is 1. The number of hydrogen-bond donors (Lipinski definition) is 3. The molecule has 0 fully saturated rings. The van der Waals surface area contributed by atoms with Gasteiger partial charge in [-0.15, -0.1) is 0 Å². The van der Waals surface area contributed by atoms with E-state index in [2.05, 4.69) is 0 Å². The van der Waals surface area contributed by atoms with Crippen LogP contribution < -0.4 is 5.73 Å². The summed E-state index contributed by atoms with van der Waals surface area (Å²) in [6, 6.07) is 1.55. The number of carboxylic acids is 1. The highest BCUT2D eigenvalue weighted by Crippen LogP contribution is 2.30. The molecule has 0 saturated heterocycles. The van der Waals surface area contributed by atoms with Crippen molar-refractivity contribution >= 4 is 11.7 Å². The summed E-state index contributed by atoms with van der Waals surface area (Å²) in [5.41, 5.74) is 6.70. The number of aryl methyl sites for hydroxylation is 1. The van der Waals surface area contributed by atoms with E-state index < -0.39 is 5.97 Å². The zero-order valence-corrected chi connectivity index (χ0v) is 7.46. The van der Waals surface area contributed by atoms with Crippen LogP contribution in [0.3, 0.4) is 0 Å². The molecule has 0 heterocycles. The molecule has 13 heavy (non-hydrogen) atoms. The summed E-state index contributed by atoms with van der Waals surface area (Å²) < 4.78 is 0. The topological polar surface area (TPSA) is 83.5 Å². The molecule has 4 N–H and O–H groups in total. The van der Waals surface area contributed by atoms with E-state index >= 15 is 0 Å². The van der Waals surface area contributed by atoms with E-state index in [1.165, 1.54) is 0 Å². The predicted molar refractivity (Wildman–Crippen MR) is 49.0 cm³/mol. The Hall–Kier alpha value is -1.71. The summed E-state index contributed by atoms with van der Waals surface area (Å²) in [6.45, 7) is 3.38. The second-order valence-electron chi connectivity index (χ2n) is 2.94. The van der Waals surface area contributed by atoms with Gasteiger partial charge in [0.1, 0.15) is 5.56 Å². The van der Waals surface area contributed by atoms with Crippen LogP contribution >= 0.6 is 0 Å². The summed E-state index contributed by atoms with van der Waals surface area (Å²) in [5, 5.41) is 18.1. The van der Waals surface area contributed by atoms with E-state index in [1.807, 2.05) is 0 Å². The molecule has 0 aliphatic carbocycles. The average Bonchev–Trinajstić information content (AvgIpc) is 2.01. The van der Waals surface area contributed by atoms with Crippen molar-refractivity contribution in [2.45, 2.75) is 13.8 Å². The summed E-state index contributed by atoms with van der Waals surface area (Å²) in [5.74, 6) is -1.51. The van der Waals surface area contributed by atoms with Gasteiger partial charge in [-0.25, -0.2) is 4.79 Å². The number of benzene rings is 1. The molecule has 0 unspecified atom stereocenters. The van der Waals surface area contributed by atoms with Crippen molar-refractivity contribution < 1.29 is 15.0 Å². The van der Waals surface area contributed by atoms with Crippen molar-refractivity contribution in [1.82, 2.24) is 0 Å². The van der Waals surface area contributed by atoms with Gasteiger partial charge in [-0.3, -0.25) is 0 Å². The van der Waals surface area contributed by atoms with Crippen LogP contribution in [-0.4, -0.2) is 16.2 Å². The third kappa shape index (κ3) is 1.42. The Labute approximate surface area is 75.6 Å². The lowest BCUT2D eigenvalue weighted by molar-refractivity contribution is 0.0693. The van der Waals surface area contributed by atoms with Gasteiger partial charge in [0, 0.05) is 0 Å².